The van der Waals surface area contributed by atoms with Crippen molar-refractivity contribution >= 4 is 45.8 Å². The van der Waals surface area contributed by atoms with E-state index in [1.807, 2.05) is 18.4 Å². The van der Waals surface area contributed by atoms with Crippen molar-refractivity contribution in [1.82, 2.24) is 0 Å². The zero-order valence-corrected chi connectivity index (χ0v) is 13.8. The summed E-state index contributed by atoms with van der Waals surface area (Å²) in [4.78, 5) is 23.7. The second kappa shape index (κ2) is 8.22. The Morgan fingerprint density at radius 3 is 2.96 bits per heavy atom. The SMILES string of the molecule is CSNc1cccc(C(=O)OCC(=O)Nc2sccc2C#N)c1. The maximum Gasteiger partial charge on any atom is 0.338 e. The van der Waals surface area contributed by atoms with Crippen LogP contribution in [0.2, 0.25) is 0 Å². The number of nitriles is 1. The van der Waals surface area contributed by atoms with Crippen molar-refractivity contribution in [2.75, 3.05) is 22.9 Å². The van der Waals surface area contributed by atoms with Gasteiger partial charge in [-0.3, -0.25) is 4.79 Å². The monoisotopic (exact) mass is 347 g/mol. The van der Waals surface area contributed by atoms with Crippen LogP contribution in [-0.4, -0.2) is 24.7 Å². The Morgan fingerprint density at radius 1 is 1.39 bits per heavy atom. The van der Waals surface area contributed by atoms with E-state index < -0.39 is 18.5 Å². The molecule has 0 aliphatic rings. The summed E-state index contributed by atoms with van der Waals surface area (Å²) in [6, 6.07) is 10.4. The quantitative estimate of drug-likeness (QED) is 0.616. The van der Waals surface area contributed by atoms with Gasteiger partial charge in [-0.15, -0.1) is 11.3 Å². The molecule has 1 heterocycles. The fraction of sp³-hybridized carbons (Fsp3) is 0.133. The number of amides is 1. The number of hydrogen-bond acceptors (Lipinski definition) is 7. The molecule has 6 nitrogen and oxygen atoms in total. The molecular formula is C15H13N3O3S2. The number of carbonyl (C=O) groups is 2. The summed E-state index contributed by atoms with van der Waals surface area (Å²) < 4.78 is 7.99. The van der Waals surface area contributed by atoms with Crippen molar-refractivity contribution in [3.8, 4) is 6.07 Å². The van der Waals surface area contributed by atoms with Crippen molar-refractivity contribution < 1.29 is 14.3 Å². The average molecular weight is 347 g/mol. The fourth-order valence-corrected chi connectivity index (χ4v) is 2.82. The summed E-state index contributed by atoms with van der Waals surface area (Å²) in [6.07, 6.45) is 1.87. The molecule has 0 aliphatic heterocycles. The molecule has 0 fully saturated rings. The highest BCUT2D eigenvalue weighted by Gasteiger charge is 2.12. The Balaban J connectivity index is 1.90. The molecule has 1 amide bonds. The van der Waals surface area contributed by atoms with E-state index in [1.54, 1.807) is 29.6 Å². The number of nitrogens with one attached hydrogen (secondary N) is 2. The summed E-state index contributed by atoms with van der Waals surface area (Å²) in [5, 5.41) is 13.6. The molecule has 8 heteroatoms. The van der Waals surface area contributed by atoms with Gasteiger partial charge in [-0.25, -0.2) is 4.79 Å². The van der Waals surface area contributed by atoms with Crippen LogP contribution in [0.5, 0.6) is 0 Å². The van der Waals surface area contributed by atoms with Gasteiger partial charge >= 0.3 is 5.97 Å². The van der Waals surface area contributed by atoms with Crippen LogP contribution in [0.25, 0.3) is 0 Å². The van der Waals surface area contributed by atoms with Crippen molar-refractivity contribution in [3.63, 3.8) is 0 Å². The van der Waals surface area contributed by atoms with E-state index in [1.165, 1.54) is 23.3 Å². The lowest BCUT2D eigenvalue weighted by Gasteiger charge is -2.07. The maximum absolute atomic E-state index is 11.9. The molecule has 0 saturated heterocycles. The summed E-state index contributed by atoms with van der Waals surface area (Å²) >= 11 is 2.64. The van der Waals surface area contributed by atoms with Crippen molar-refractivity contribution in [2.45, 2.75) is 0 Å². The van der Waals surface area contributed by atoms with Crippen molar-refractivity contribution in [1.29, 1.82) is 5.26 Å². The van der Waals surface area contributed by atoms with E-state index in [0.717, 1.165) is 5.69 Å². The maximum atomic E-state index is 11.9. The Labute approximate surface area is 141 Å². The van der Waals surface area contributed by atoms with Gasteiger partial charge in [-0.1, -0.05) is 18.0 Å². The first-order valence-electron chi connectivity index (χ1n) is 6.47. The van der Waals surface area contributed by atoms with Crippen LogP contribution in [0.4, 0.5) is 10.7 Å². The first kappa shape index (κ1) is 16.9. The second-order valence-corrected chi connectivity index (χ2v) is 5.81. The molecule has 0 atom stereocenters. The summed E-state index contributed by atoms with van der Waals surface area (Å²) in [7, 11) is 0. The zero-order valence-electron chi connectivity index (χ0n) is 12.2. The van der Waals surface area contributed by atoms with E-state index in [2.05, 4.69) is 10.0 Å². The standard InChI is InChI=1S/C15H13N3O3S2/c1-22-18-12-4-2-3-10(7-12)15(20)21-9-13(19)17-14-11(8-16)5-6-23-14/h2-7,18H,9H2,1H3,(H,17,19). The number of hydrogen-bond donors (Lipinski definition) is 2. The van der Waals surface area contributed by atoms with E-state index in [0.29, 0.717) is 16.1 Å². The Morgan fingerprint density at radius 2 is 2.22 bits per heavy atom. The van der Waals surface area contributed by atoms with Crippen LogP contribution in [0.3, 0.4) is 0 Å². The molecular weight excluding hydrogens is 334 g/mol. The first-order valence-corrected chi connectivity index (χ1v) is 8.58. The summed E-state index contributed by atoms with van der Waals surface area (Å²) in [5.74, 6) is -1.08. The third kappa shape index (κ3) is 4.74. The van der Waals surface area contributed by atoms with Crippen LogP contribution >= 0.6 is 23.3 Å². The van der Waals surface area contributed by atoms with E-state index >= 15 is 0 Å². The second-order valence-electron chi connectivity index (χ2n) is 4.29. The third-order valence-corrected chi connectivity index (χ3v) is 3.96. The Hall–Kier alpha value is -2.50. The van der Waals surface area contributed by atoms with Gasteiger partial charge in [-0.2, -0.15) is 5.26 Å². The Kier molecular flexibility index (Phi) is 6.02. The molecule has 0 saturated carbocycles. The predicted molar refractivity (Wildman–Crippen MR) is 91.5 cm³/mol. The van der Waals surface area contributed by atoms with Gasteiger partial charge in [0.05, 0.1) is 11.1 Å². The summed E-state index contributed by atoms with van der Waals surface area (Å²) in [6.45, 7) is -0.415. The van der Waals surface area contributed by atoms with Crippen molar-refractivity contribution in [2.24, 2.45) is 0 Å². The highest BCUT2D eigenvalue weighted by Crippen LogP contribution is 2.22. The van der Waals surface area contributed by atoms with Crippen LogP contribution in [-0.2, 0) is 9.53 Å². The van der Waals surface area contributed by atoms with Gasteiger partial charge in [0.2, 0.25) is 0 Å². The molecule has 1 aromatic carbocycles. The highest BCUT2D eigenvalue weighted by atomic mass is 32.2. The molecule has 0 unspecified atom stereocenters. The number of carbonyl (C=O) groups excluding carboxylic acids is 2. The van der Waals surface area contributed by atoms with Gasteiger partial charge in [0.1, 0.15) is 11.1 Å². The van der Waals surface area contributed by atoms with Crippen LogP contribution in [0.1, 0.15) is 15.9 Å². The number of anilines is 2. The molecule has 118 valence electrons. The van der Waals surface area contributed by atoms with Gasteiger partial charge in [0, 0.05) is 11.9 Å². The number of ether oxygens (including phenoxy) is 1. The lowest BCUT2D eigenvalue weighted by molar-refractivity contribution is -0.119. The minimum absolute atomic E-state index is 0.352. The average Bonchev–Trinajstić information content (AvgIpc) is 3.00. The molecule has 2 N–H and O–H groups in total. The molecule has 0 radical (unpaired) electrons. The molecule has 2 rings (SSSR count). The molecule has 23 heavy (non-hydrogen) atoms. The summed E-state index contributed by atoms with van der Waals surface area (Å²) in [5.41, 5.74) is 1.50. The topological polar surface area (TPSA) is 91.2 Å². The molecule has 0 aliphatic carbocycles. The minimum atomic E-state index is -0.586. The van der Waals surface area contributed by atoms with Gasteiger partial charge in [0.25, 0.3) is 5.91 Å². The molecule has 1 aromatic heterocycles. The number of thiophene rings is 1. The smallest absolute Gasteiger partial charge is 0.338 e. The third-order valence-electron chi connectivity index (χ3n) is 2.69. The molecule has 0 spiro atoms. The van der Waals surface area contributed by atoms with Gasteiger partial charge in [0.15, 0.2) is 6.61 Å². The van der Waals surface area contributed by atoms with Gasteiger partial charge in [-0.05, 0) is 29.6 Å². The van der Waals surface area contributed by atoms with E-state index in [4.69, 9.17) is 10.00 Å². The number of esters is 1. The number of rotatable bonds is 6. The first-order chi connectivity index (χ1) is 11.1. The van der Waals surface area contributed by atoms with E-state index in [-0.39, 0.29) is 0 Å². The van der Waals surface area contributed by atoms with E-state index in [9.17, 15) is 9.59 Å². The largest absolute Gasteiger partial charge is 0.452 e. The fourth-order valence-electron chi connectivity index (χ4n) is 1.70. The lowest BCUT2D eigenvalue weighted by Crippen LogP contribution is -2.20. The minimum Gasteiger partial charge on any atom is -0.452 e. The molecule has 2 aromatic rings. The number of benzene rings is 1. The molecule has 0 bridgehead atoms. The highest BCUT2D eigenvalue weighted by molar-refractivity contribution is 7.99. The van der Waals surface area contributed by atoms with Crippen LogP contribution in [0.15, 0.2) is 35.7 Å². The normalized spacial score (nSPS) is 9.74. The van der Waals surface area contributed by atoms with Crippen LogP contribution < -0.4 is 10.0 Å². The number of nitrogens with zero attached hydrogens (tertiary/aromatic N) is 1. The predicted octanol–water partition coefficient (Wildman–Crippen LogP) is 3.11. The van der Waals surface area contributed by atoms with Crippen molar-refractivity contribution in [3.05, 3.63) is 46.8 Å². The lowest BCUT2D eigenvalue weighted by atomic mass is 10.2. The Bertz CT molecular complexity index is 752. The van der Waals surface area contributed by atoms with Gasteiger partial charge < -0.3 is 14.8 Å². The van der Waals surface area contributed by atoms with Crippen LogP contribution in [0, 0.1) is 11.3 Å². The zero-order chi connectivity index (χ0) is 16.7.